The highest BCUT2D eigenvalue weighted by atomic mass is 16.5. The number of aromatic nitrogens is 2. The molecule has 0 spiro atoms. The molecule has 0 amide bonds. The maximum atomic E-state index is 5.60. The van der Waals surface area contributed by atoms with Gasteiger partial charge in [0.2, 0.25) is 5.88 Å². The summed E-state index contributed by atoms with van der Waals surface area (Å²) in [5.74, 6) is 1.18. The van der Waals surface area contributed by atoms with Crippen LogP contribution in [-0.2, 0) is 0 Å². The number of rotatable bonds is 5. The Labute approximate surface area is 102 Å². The zero-order valence-electron chi connectivity index (χ0n) is 10.2. The molecule has 2 heterocycles. The Morgan fingerprint density at radius 2 is 2.18 bits per heavy atom. The number of nitrogens with one attached hydrogen (secondary N) is 1. The summed E-state index contributed by atoms with van der Waals surface area (Å²) >= 11 is 0. The van der Waals surface area contributed by atoms with E-state index < -0.39 is 0 Å². The number of piperidine rings is 1. The molecular formula is C12H19N3O2. The molecule has 1 saturated heterocycles. The average molecular weight is 237 g/mol. The van der Waals surface area contributed by atoms with E-state index in [1.807, 2.05) is 6.92 Å². The van der Waals surface area contributed by atoms with E-state index in [2.05, 4.69) is 15.3 Å². The molecule has 5 nitrogen and oxygen atoms in total. The van der Waals surface area contributed by atoms with Gasteiger partial charge in [-0.05, 0) is 38.8 Å². The van der Waals surface area contributed by atoms with E-state index in [4.69, 9.17) is 9.47 Å². The van der Waals surface area contributed by atoms with Crippen molar-refractivity contribution in [1.82, 2.24) is 15.3 Å². The summed E-state index contributed by atoms with van der Waals surface area (Å²) in [5.41, 5.74) is 0. The van der Waals surface area contributed by atoms with E-state index in [-0.39, 0.29) is 0 Å². The molecule has 17 heavy (non-hydrogen) atoms. The Morgan fingerprint density at radius 3 is 2.94 bits per heavy atom. The van der Waals surface area contributed by atoms with E-state index >= 15 is 0 Å². The first-order valence-corrected chi connectivity index (χ1v) is 6.18. The van der Waals surface area contributed by atoms with Crippen molar-refractivity contribution in [3.8, 4) is 11.9 Å². The van der Waals surface area contributed by atoms with Crippen molar-refractivity contribution in [3.63, 3.8) is 0 Å². The van der Waals surface area contributed by atoms with Gasteiger partial charge in [0.05, 0.1) is 13.2 Å². The minimum absolute atomic E-state index is 0.412. The van der Waals surface area contributed by atoms with Crippen molar-refractivity contribution in [3.05, 3.63) is 12.3 Å². The topological polar surface area (TPSA) is 56.3 Å². The average Bonchev–Trinajstić information content (AvgIpc) is 2.39. The quantitative estimate of drug-likeness (QED) is 0.835. The van der Waals surface area contributed by atoms with Crippen LogP contribution in [0.25, 0.3) is 0 Å². The summed E-state index contributed by atoms with van der Waals surface area (Å²) < 4.78 is 10.9. The van der Waals surface area contributed by atoms with Crippen LogP contribution in [0.5, 0.6) is 11.9 Å². The Bertz CT molecular complexity index is 340. The van der Waals surface area contributed by atoms with Crippen molar-refractivity contribution in [2.75, 3.05) is 26.3 Å². The van der Waals surface area contributed by atoms with Crippen molar-refractivity contribution in [1.29, 1.82) is 0 Å². The maximum Gasteiger partial charge on any atom is 0.319 e. The Morgan fingerprint density at radius 1 is 1.35 bits per heavy atom. The Balaban J connectivity index is 1.83. The van der Waals surface area contributed by atoms with Gasteiger partial charge in [0, 0.05) is 12.3 Å². The molecule has 0 unspecified atom stereocenters. The fraction of sp³-hybridized carbons (Fsp3) is 0.667. The molecule has 1 N–H and O–H groups in total. The lowest BCUT2D eigenvalue weighted by molar-refractivity contribution is 0.199. The molecule has 0 saturated carbocycles. The third kappa shape index (κ3) is 3.85. The molecule has 2 rings (SSSR count). The van der Waals surface area contributed by atoms with Crippen molar-refractivity contribution in [2.24, 2.45) is 5.92 Å². The number of hydrogen-bond acceptors (Lipinski definition) is 5. The van der Waals surface area contributed by atoms with Crippen LogP contribution in [0.3, 0.4) is 0 Å². The molecule has 1 aliphatic rings. The number of nitrogens with zero attached hydrogens (tertiary/aromatic N) is 2. The van der Waals surface area contributed by atoms with Gasteiger partial charge in [0.25, 0.3) is 0 Å². The van der Waals surface area contributed by atoms with Crippen LogP contribution in [0, 0.1) is 5.92 Å². The van der Waals surface area contributed by atoms with Crippen LogP contribution in [0.4, 0.5) is 0 Å². The standard InChI is InChI=1S/C12H19N3O2/c1-2-16-11-5-8-14-12(15-11)17-9-10-3-6-13-7-4-10/h5,8,10,13H,2-4,6-7,9H2,1H3. The van der Waals surface area contributed by atoms with E-state index in [0.29, 0.717) is 31.0 Å². The molecule has 0 atom stereocenters. The van der Waals surface area contributed by atoms with E-state index in [1.54, 1.807) is 12.3 Å². The van der Waals surface area contributed by atoms with Crippen LogP contribution in [0.15, 0.2) is 12.3 Å². The van der Waals surface area contributed by atoms with Crippen molar-refractivity contribution >= 4 is 0 Å². The first kappa shape index (κ1) is 12.1. The fourth-order valence-electron chi connectivity index (χ4n) is 1.86. The summed E-state index contributed by atoms with van der Waals surface area (Å²) in [7, 11) is 0. The molecule has 0 aromatic carbocycles. The van der Waals surface area contributed by atoms with Gasteiger partial charge in [-0.3, -0.25) is 0 Å². The molecular weight excluding hydrogens is 218 g/mol. The Kier molecular flexibility index (Phi) is 4.55. The zero-order chi connectivity index (χ0) is 11.9. The molecule has 1 aliphatic heterocycles. The lowest BCUT2D eigenvalue weighted by Gasteiger charge is -2.21. The smallest absolute Gasteiger partial charge is 0.319 e. The second-order valence-electron chi connectivity index (χ2n) is 4.11. The third-order valence-corrected chi connectivity index (χ3v) is 2.81. The monoisotopic (exact) mass is 237 g/mol. The summed E-state index contributed by atoms with van der Waals surface area (Å²) in [6.07, 6.45) is 3.98. The van der Waals surface area contributed by atoms with Crippen molar-refractivity contribution < 1.29 is 9.47 Å². The van der Waals surface area contributed by atoms with Crippen molar-refractivity contribution in [2.45, 2.75) is 19.8 Å². The summed E-state index contributed by atoms with van der Waals surface area (Å²) in [6, 6.07) is 2.15. The summed E-state index contributed by atoms with van der Waals surface area (Å²) in [6.45, 7) is 5.38. The predicted molar refractivity (Wildman–Crippen MR) is 64.3 cm³/mol. The third-order valence-electron chi connectivity index (χ3n) is 2.81. The van der Waals surface area contributed by atoms with Crippen LogP contribution in [0.1, 0.15) is 19.8 Å². The molecule has 1 fully saturated rings. The minimum atomic E-state index is 0.412. The minimum Gasteiger partial charge on any atom is -0.478 e. The van der Waals surface area contributed by atoms with Gasteiger partial charge in [-0.25, -0.2) is 4.98 Å². The molecule has 0 bridgehead atoms. The first-order valence-electron chi connectivity index (χ1n) is 6.18. The maximum absolute atomic E-state index is 5.60. The second kappa shape index (κ2) is 6.39. The van der Waals surface area contributed by atoms with E-state index in [9.17, 15) is 0 Å². The van der Waals surface area contributed by atoms with Gasteiger partial charge < -0.3 is 14.8 Å². The molecule has 5 heteroatoms. The highest BCUT2D eigenvalue weighted by Gasteiger charge is 2.14. The SMILES string of the molecule is CCOc1ccnc(OCC2CCNCC2)n1. The summed E-state index contributed by atoms with van der Waals surface area (Å²) in [4.78, 5) is 8.25. The lowest BCUT2D eigenvalue weighted by atomic mass is 9.99. The van der Waals surface area contributed by atoms with Gasteiger partial charge in [-0.2, -0.15) is 4.98 Å². The summed E-state index contributed by atoms with van der Waals surface area (Å²) in [5, 5.41) is 3.33. The van der Waals surface area contributed by atoms with Crippen LogP contribution >= 0.6 is 0 Å². The van der Waals surface area contributed by atoms with Gasteiger partial charge in [0.1, 0.15) is 0 Å². The number of hydrogen-bond donors (Lipinski definition) is 1. The molecule has 1 aromatic rings. The molecule has 0 aliphatic carbocycles. The fourth-order valence-corrected chi connectivity index (χ4v) is 1.86. The highest BCUT2D eigenvalue weighted by molar-refractivity contribution is 5.10. The van der Waals surface area contributed by atoms with E-state index in [1.165, 1.54) is 0 Å². The zero-order valence-corrected chi connectivity index (χ0v) is 10.2. The van der Waals surface area contributed by atoms with Crippen LogP contribution in [0.2, 0.25) is 0 Å². The lowest BCUT2D eigenvalue weighted by Crippen LogP contribution is -2.30. The first-order chi connectivity index (χ1) is 8.38. The molecule has 0 radical (unpaired) electrons. The molecule has 94 valence electrons. The predicted octanol–water partition coefficient (Wildman–Crippen LogP) is 1.25. The van der Waals surface area contributed by atoms with Gasteiger partial charge in [-0.15, -0.1) is 0 Å². The van der Waals surface area contributed by atoms with Crippen LogP contribution < -0.4 is 14.8 Å². The van der Waals surface area contributed by atoms with Gasteiger partial charge >= 0.3 is 6.01 Å². The largest absolute Gasteiger partial charge is 0.478 e. The normalized spacial score (nSPS) is 16.8. The van der Waals surface area contributed by atoms with Gasteiger partial charge in [-0.1, -0.05) is 0 Å². The second-order valence-corrected chi connectivity index (χ2v) is 4.11. The van der Waals surface area contributed by atoms with Crippen LogP contribution in [-0.4, -0.2) is 36.3 Å². The number of ether oxygens (including phenoxy) is 2. The van der Waals surface area contributed by atoms with E-state index in [0.717, 1.165) is 25.9 Å². The van der Waals surface area contributed by atoms with Gasteiger partial charge in [0.15, 0.2) is 0 Å². The highest BCUT2D eigenvalue weighted by Crippen LogP contribution is 2.15. The molecule has 1 aromatic heterocycles. The Hall–Kier alpha value is -1.36.